The van der Waals surface area contributed by atoms with Crippen molar-refractivity contribution < 1.29 is 14.6 Å². The van der Waals surface area contributed by atoms with Crippen LogP contribution in [0.15, 0.2) is 18.2 Å². The predicted octanol–water partition coefficient (Wildman–Crippen LogP) is 0.448. The quantitative estimate of drug-likeness (QED) is 0.682. The van der Waals surface area contributed by atoms with Gasteiger partial charge in [0, 0.05) is 5.56 Å². The highest BCUT2D eigenvalue weighted by Gasteiger charge is 2.26. The van der Waals surface area contributed by atoms with E-state index in [-0.39, 0.29) is 6.04 Å². The third-order valence-corrected chi connectivity index (χ3v) is 2.37. The van der Waals surface area contributed by atoms with Crippen LogP contribution in [-0.4, -0.2) is 24.9 Å². The average molecular weight is 195 g/mol. The van der Waals surface area contributed by atoms with E-state index in [1.165, 1.54) is 0 Å². The molecule has 0 spiro atoms. The largest absolute Gasteiger partial charge is 0.497 e. The summed E-state index contributed by atoms with van der Waals surface area (Å²) in [5.74, 6) is 1.38. The number of benzene rings is 1. The van der Waals surface area contributed by atoms with Crippen LogP contribution in [-0.2, 0) is 0 Å². The Kier molecular flexibility index (Phi) is 2.31. The van der Waals surface area contributed by atoms with Crippen molar-refractivity contribution in [2.45, 2.75) is 12.1 Å². The second kappa shape index (κ2) is 3.48. The van der Waals surface area contributed by atoms with Crippen molar-refractivity contribution in [2.75, 3.05) is 13.7 Å². The molecule has 14 heavy (non-hydrogen) atoms. The van der Waals surface area contributed by atoms with Gasteiger partial charge in [-0.15, -0.1) is 0 Å². The van der Waals surface area contributed by atoms with Crippen LogP contribution in [0.25, 0.3) is 0 Å². The number of hydrogen-bond donors (Lipinski definition) is 2. The van der Waals surface area contributed by atoms with Gasteiger partial charge in [-0.1, -0.05) is 0 Å². The number of aliphatic hydroxyl groups is 1. The van der Waals surface area contributed by atoms with Crippen LogP contribution < -0.4 is 15.2 Å². The summed E-state index contributed by atoms with van der Waals surface area (Å²) in [5, 5.41) is 9.79. The highest BCUT2D eigenvalue weighted by molar-refractivity contribution is 5.43. The number of hydrogen-bond acceptors (Lipinski definition) is 4. The fourth-order valence-corrected chi connectivity index (χ4v) is 1.52. The number of nitrogens with two attached hydrogens (primary N) is 1. The molecule has 0 fully saturated rings. The van der Waals surface area contributed by atoms with Gasteiger partial charge in [0.15, 0.2) is 0 Å². The van der Waals surface area contributed by atoms with E-state index >= 15 is 0 Å². The van der Waals surface area contributed by atoms with E-state index in [1.807, 2.05) is 0 Å². The van der Waals surface area contributed by atoms with E-state index < -0.39 is 6.10 Å². The summed E-state index contributed by atoms with van der Waals surface area (Å²) < 4.78 is 10.4. The Hall–Kier alpha value is -1.26. The van der Waals surface area contributed by atoms with E-state index in [4.69, 9.17) is 15.2 Å². The molecule has 0 amide bonds. The minimum atomic E-state index is -0.672. The Bertz CT molecular complexity index is 340. The van der Waals surface area contributed by atoms with E-state index in [0.29, 0.717) is 23.7 Å². The second-order valence-corrected chi connectivity index (χ2v) is 3.32. The van der Waals surface area contributed by atoms with Gasteiger partial charge in [-0.2, -0.15) is 0 Å². The van der Waals surface area contributed by atoms with Crippen molar-refractivity contribution >= 4 is 0 Å². The van der Waals surface area contributed by atoms with Gasteiger partial charge < -0.3 is 20.3 Å². The lowest BCUT2D eigenvalue weighted by Gasteiger charge is -2.27. The third kappa shape index (κ3) is 1.42. The predicted molar refractivity (Wildman–Crippen MR) is 51.4 cm³/mol. The maximum absolute atomic E-state index is 9.79. The molecule has 1 aromatic carbocycles. The van der Waals surface area contributed by atoms with Crippen molar-refractivity contribution in [3.63, 3.8) is 0 Å². The molecular formula is C10H13NO3. The van der Waals surface area contributed by atoms with Gasteiger partial charge >= 0.3 is 0 Å². The lowest BCUT2D eigenvalue weighted by molar-refractivity contribution is 0.0912. The molecule has 3 N–H and O–H groups in total. The summed E-state index contributed by atoms with van der Waals surface area (Å²) in [6.45, 7) is 0.348. The Balaban J connectivity index is 2.41. The molecule has 0 unspecified atom stereocenters. The Morgan fingerprint density at radius 3 is 3.07 bits per heavy atom. The SMILES string of the molecule is COc1ccc2c(c1)[C@@H](O)[C@H](N)CO2. The standard InChI is InChI=1S/C10H13NO3/c1-13-6-2-3-9-7(4-6)10(12)8(11)5-14-9/h2-4,8,10,12H,5,11H2,1H3/t8-,10-/m1/s1. The average Bonchev–Trinajstić information content (AvgIpc) is 2.23. The fourth-order valence-electron chi connectivity index (χ4n) is 1.52. The lowest BCUT2D eigenvalue weighted by atomic mass is 10.00. The second-order valence-electron chi connectivity index (χ2n) is 3.32. The molecule has 2 atom stereocenters. The highest BCUT2D eigenvalue weighted by Crippen LogP contribution is 2.33. The normalized spacial score (nSPS) is 25.1. The zero-order chi connectivity index (χ0) is 10.1. The van der Waals surface area contributed by atoms with Crippen molar-refractivity contribution in [1.29, 1.82) is 0 Å². The minimum Gasteiger partial charge on any atom is -0.497 e. The van der Waals surface area contributed by atoms with E-state index in [0.717, 1.165) is 0 Å². The number of fused-ring (bicyclic) bond motifs is 1. The first-order valence-corrected chi connectivity index (χ1v) is 4.46. The number of aliphatic hydroxyl groups excluding tert-OH is 1. The first kappa shape index (κ1) is 9.30. The number of methoxy groups -OCH3 is 1. The van der Waals surface area contributed by atoms with Crippen LogP contribution >= 0.6 is 0 Å². The van der Waals surface area contributed by atoms with Gasteiger partial charge in [0.1, 0.15) is 24.2 Å². The van der Waals surface area contributed by atoms with Crippen LogP contribution in [0.1, 0.15) is 11.7 Å². The molecule has 2 rings (SSSR count). The molecule has 1 aliphatic rings. The molecule has 0 saturated carbocycles. The molecule has 0 radical (unpaired) electrons. The maximum Gasteiger partial charge on any atom is 0.125 e. The topological polar surface area (TPSA) is 64.7 Å². The molecule has 0 aromatic heterocycles. The molecule has 4 heteroatoms. The molecular weight excluding hydrogens is 182 g/mol. The lowest BCUT2D eigenvalue weighted by Crippen LogP contribution is -2.38. The third-order valence-electron chi connectivity index (χ3n) is 2.37. The van der Waals surface area contributed by atoms with Crippen LogP contribution in [0.5, 0.6) is 11.5 Å². The van der Waals surface area contributed by atoms with Gasteiger partial charge in [0.05, 0.1) is 13.2 Å². The monoisotopic (exact) mass is 195 g/mol. The zero-order valence-corrected chi connectivity index (χ0v) is 7.93. The molecule has 1 aliphatic heterocycles. The molecule has 0 bridgehead atoms. The maximum atomic E-state index is 9.79. The van der Waals surface area contributed by atoms with Gasteiger partial charge in [0.25, 0.3) is 0 Å². The Morgan fingerprint density at radius 2 is 2.36 bits per heavy atom. The summed E-state index contributed by atoms with van der Waals surface area (Å²) in [7, 11) is 1.58. The fraction of sp³-hybridized carbons (Fsp3) is 0.400. The van der Waals surface area contributed by atoms with E-state index in [1.54, 1.807) is 25.3 Å². The van der Waals surface area contributed by atoms with Crippen LogP contribution in [0.2, 0.25) is 0 Å². The smallest absolute Gasteiger partial charge is 0.125 e. The summed E-state index contributed by atoms with van der Waals surface area (Å²) >= 11 is 0. The van der Waals surface area contributed by atoms with Crippen molar-refractivity contribution in [3.05, 3.63) is 23.8 Å². The molecule has 0 aliphatic carbocycles. The Morgan fingerprint density at radius 1 is 1.57 bits per heavy atom. The van der Waals surface area contributed by atoms with Crippen molar-refractivity contribution in [1.82, 2.24) is 0 Å². The van der Waals surface area contributed by atoms with Crippen molar-refractivity contribution in [2.24, 2.45) is 5.73 Å². The Labute approximate surface area is 82.2 Å². The molecule has 1 heterocycles. The molecule has 1 aromatic rings. The summed E-state index contributed by atoms with van der Waals surface area (Å²) in [4.78, 5) is 0. The number of rotatable bonds is 1. The van der Waals surface area contributed by atoms with Crippen LogP contribution in [0.4, 0.5) is 0 Å². The summed E-state index contributed by atoms with van der Waals surface area (Å²) in [5.41, 5.74) is 6.37. The number of ether oxygens (including phenoxy) is 2. The molecule has 0 saturated heterocycles. The van der Waals surface area contributed by atoms with Gasteiger partial charge in [-0.05, 0) is 18.2 Å². The highest BCUT2D eigenvalue weighted by atomic mass is 16.5. The molecule has 76 valence electrons. The van der Waals surface area contributed by atoms with E-state index in [9.17, 15) is 5.11 Å². The minimum absolute atomic E-state index is 0.348. The van der Waals surface area contributed by atoms with Crippen molar-refractivity contribution in [3.8, 4) is 11.5 Å². The summed E-state index contributed by atoms with van der Waals surface area (Å²) in [6, 6.07) is 4.96. The van der Waals surface area contributed by atoms with Gasteiger partial charge in [-0.3, -0.25) is 0 Å². The summed E-state index contributed by atoms with van der Waals surface area (Å²) in [6.07, 6.45) is -0.672. The molecule has 4 nitrogen and oxygen atoms in total. The first-order valence-electron chi connectivity index (χ1n) is 4.46. The zero-order valence-electron chi connectivity index (χ0n) is 7.93. The van der Waals surface area contributed by atoms with E-state index in [2.05, 4.69) is 0 Å². The van der Waals surface area contributed by atoms with Gasteiger partial charge in [-0.25, -0.2) is 0 Å². The van der Waals surface area contributed by atoms with Gasteiger partial charge in [0.2, 0.25) is 0 Å². The first-order chi connectivity index (χ1) is 6.72. The van der Waals surface area contributed by atoms with Crippen LogP contribution in [0.3, 0.4) is 0 Å². The van der Waals surface area contributed by atoms with Crippen LogP contribution in [0, 0.1) is 0 Å².